The highest BCUT2D eigenvalue weighted by Gasteiger charge is 2.23. The van der Waals surface area contributed by atoms with Gasteiger partial charge in [0.05, 0.1) is 34.7 Å². The van der Waals surface area contributed by atoms with Crippen molar-refractivity contribution >= 4 is 39.4 Å². The molecule has 0 spiro atoms. The number of methoxy groups -OCH3 is 1. The van der Waals surface area contributed by atoms with Gasteiger partial charge >= 0.3 is 0 Å². The number of nitrogens with one attached hydrogen (secondary N) is 1. The van der Waals surface area contributed by atoms with Crippen molar-refractivity contribution in [3.63, 3.8) is 0 Å². The Balaban J connectivity index is 1.98. The molecule has 1 N–H and O–H groups in total. The number of carbonyl (C=O) groups excluding carboxylic acids is 1. The maximum Gasteiger partial charge on any atom is 0.269 e. The van der Waals surface area contributed by atoms with E-state index in [0.29, 0.717) is 11.3 Å². The topological polar surface area (TPSA) is 131 Å². The first-order chi connectivity index (χ1) is 13.6. The zero-order valence-corrected chi connectivity index (χ0v) is 17.0. The largest absolute Gasteiger partial charge is 0.495 e. The summed E-state index contributed by atoms with van der Waals surface area (Å²) in [4.78, 5) is 21.9. The lowest BCUT2D eigenvalue weighted by molar-refractivity contribution is -0.384. The number of carbonyl (C=O) groups is 1. The van der Waals surface area contributed by atoms with E-state index in [9.17, 15) is 23.3 Å². The summed E-state index contributed by atoms with van der Waals surface area (Å²) in [6, 6.07) is 9.47. The first-order valence-electron chi connectivity index (χ1n) is 8.01. The third kappa shape index (κ3) is 5.73. The van der Waals surface area contributed by atoms with Crippen LogP contribution in [-0.4, -0.2) is 50.5 Å². The molecule has 10 nitrogen and oxygen atoms in total. The van der Waals surface area contributed by atoms with Crippen LogP contribution in [0, 0.1) is 10.1 Å². The van der Waals surface area contributed by atoms with Crippen LogP contribution in [0.15, 0.2) is 52.5 Å². The van der Waals surface area contributed by atoms with Gasteiger partial charge in [-0.25, -0.2) is 13.8 Å². The Morgan fingerprint density at radius 1 is 1.31 bits per heavy atom. The first kappa shape index (κ1) is 22.3. The van der Waals surface area contributed by atoms with Crippen LogP contribution in [0.1, 0.15) is 5.56 Å². The molecule has 0 aliphatic carbocycles. The molecule has 0 atom stereocenters. The number of likely N-dealkylation sites (N-methyl/N-ethyl adjacent to an activating group) is 1. The van der Waals surface area contributed by atoms with Crippen molar-refractivity contribution in [1.82, 2.24) is 9.73 Å². The van der Waals surface area contributed by atoms with Gasteiger partial charge in [0.15, 0.2) is 0 Å². The van der Waals surface area contributed by atoms with Crippen LogP contribution in [0.3, 0.4) is 0 Å². The number of non-ortho nitro benzene ring substituents is 1. The van der Waals surface area contributed by atoms with E-state index in [-0.39, 0.29) is 15.6 Å². The molecule has 2 aromatic rings. The monoisotopic (exact) mass is 440 g/mol. The molecule has 0 heterocycles. The molecule has 2 aromatic carbocycles. The number of hydrogen-bond acceptors (Lipinski definition) is 7. The highest BCUT2D eigenvalue weighted by molar-refractivity contribution is 7.89. The van der Waals surface area contributed by atoms with Crippen molar-refractivity contribution in [3.05, 3.63) is 63.2 Å². The van der Waals surface area contributed by atoms with E-state index in [1.807, 2.05) is 0 Å². The normalized spacial score (nSPS) is 11.6. The molecule has 12 heteroatoms. The van der Waals surface area contributed by atoms with E-state index >= 15 is 0 Å². The molecule has 29 heavy (non-hydrogen) atoms. The minimum Gasteiger partial charge on any atom is -0.495 e. The summed E-state index contributed by atoms with van der Waals surface area (Å²) in [5, 5.41) is 14.4. The second-order valence-electron chi connectivity index (χ2n) is 5.70. The molecule has 0 fully saturated rings. The summed E-state index contributed by atoms with van der Waals surface area (Å²) in [7, 11) is -1.31. The van der Waals surface area contributed by atoms with Crippen LogP contribution in [0.2, 0.25) is 5.02 Å². The van der Waals surface area contributed by atoms with Gasteiger partial charge in [0.2, 0.25) is 10.0 Å². The molecule has 154 valence electrons. The van der Waals surface area contributed by atoms with Crippen molar-refractivity contribution in [2.24, 2.45) is 5.10 Å². The van der Waals surface area contributed by atoms with E-state index in [0.717, 1.165) is 4.31 Å². The van der Waals surface area contributed by atoms with Crippen LogP contribution in [0.4, 0.5) is 5.69 Å². The van der Waals surface area contributed by atoms with Crippen molar-refractivity contribution < 1.29 is 22.9 Å². The Morgan fingerprint density at radius 2 is 1.97 bits per heavy atom. The van der Waals surface area contributed by atoms with Gasteiger partial charge in [-0.2, -0.15) is 9.41 Å². The fourth-order valence-corrected chi connectivity index (χ4v) is 3.65. The zero-order chi connectivity index (χ0) is 21.6. The molecule has 0 saturated heterocycles. The fourth-order valence-electron chi connectivity index (χ4n) is 2.17. The van der Waals surface area contributed by atoms with Crippen molar-refractivity contribution in [2.75, 3.05) is 20.7 Å². The van der Waals surface area contributed by atoms with Crippen molar-refractivity contribution in [1.29, 1.82) is 0 Å². The first-order valence-corrected chi connectivity index (χ1v) is 9.83. The van der Waals surface area contributed by atoms with Gasteiger partial charge in [0.25, 0.3) is 11.6 Å². The van der Waals surface area contributed by atoms with E-state index in [1.54, 1.807) is 0 Å². The summed E-state index contributed by atoms with van der Waals surface area (Å²) in [6.45, 7) is -0.483. The molecule has 0 radical (unpaired) electrons. The average Bonchev–Trinajstić information content (AvgIpc) is 2.68. The second kappa shape index (κ2) is 9.45. The Bertz CT molecular complexity index is 1040. The summed E-state index contributed by atoms with van der Waals surface area (Å²) < 4.78 is 30.9. The smallest absolute Gasteiger partial charge is 0.269 e. The van der Waals surface area contributed by atoms with Crippen LogP contribution in [-0.2, 0) is 14.8 Å². The van der Waals surface area contributed by atoms with E-state index < -0.39 is 27.4 Å². The Morgan fingerprint density at radius 3 is 2.52 bits per heavy atom. The standard InChI is InChI=1S/C17H17ClN4O6S/c1-21(29(26,27)14-7-8-16(28-2)15(18)9-14)11-17(23)20-19-10-12-3-5-13(6-4-12)22(24)25/h3-10H,11H2,1-2H3,(H,20,23)/b19-10+. The number of hydrogen-bond donors (Lipinski definition) is 1. The van der Waals surface area contributed by atoms with Gasteiger partial charge < -0.3 is 4.74 Å². The molecule has 0 aliphatic heterocycles. The number of benzene rings is 2. The van der Waals surface area contributed by atoms with Crippen LogP contribution >= 0.6 is 11.6 Å². The molecular weight excluding hydrogens is 424 g/mol. The molecule has 0 unspecified atom stereocenters. The zero-order valence-electron chi connectivity index (χ0n) is 15.4. The lowest BCUT2D eigenvalue weighted by atomic mass is 10.2. The van der Waals surface area contributed by atoms with Crippen LogP contribution in [0.25, 0.3) is 0 Å². The minimum atomic E-state index is -3.95. The summed E-state index contributed by atoms with van der Waals surface area (Å²) in [6.07, 6.45) is 1.28. The molecule has 0 aliphatic rings. The summed E-state index contributed by atoms with van der Waals surface area (Å²) in [5.41, 5.74) is 2.64. The fraction of sp³-hybridized carbons (Fsp3) is 0.176. The van der Waals surface area contributed by atoms with E-state index in [1.165, 1.54) is 62.8 Å². The lowest BCUT2D eigenvalue weighted by Crippen LogP contribution is -2.36. The third-order valence-corrected chi connectivity index (χ3v) is 5.80. The Hall–Kier alpha value is -3.02. The number of rotatable bonds is 8. The number of hydrazone groups is 1. The van der Waals surface area contributed by atoms with Gasteiger partial charge in [0.1, 0.15) is 5.75 Å². The average molecular weight is 441 g/mol. The van der Waals surface area contributed by atoms with Crippen LogP contribution < -0.4 is 10.2 Å². The quantitative estimate of drug-likeness (QED) is 0.379. The Labute approximate surface area is 171 Å². The highest BCUT2D eigenvalue weighted by Crippen LogP contribution is 2.28. The van der Waals surface area contributed by atoms with Crippen molar-refractivity contribution in [3.8, 4) is 5.75 Å². The SMILES string of the molecule is COc1ccc(S(=O)(=O)N(C)CC(=O)N/N=C/c2ccc([N+](=O)[O-])cc2)cc1Cl. The number of ether oxygens (including phenoxy) is 1. The number of halogens is 1. The number of nitrogens with zero attached hydrogens (tertiary/aromatic N) is 3. The number of sulfonamides is 1. The molecule has 0 aromatic heterocycles. The summed E-state index contributed by atoms with van der Waals surface area (Å²) >= 11 is 5.96. The number of nitro groups is 1. The van der Waals surface area contributed by atoms with E-state index in [2.05, 4.69) is 10.5 Å². The predicted octanol–water partition coefficient (Wildman–Crippen LogP) is 2.03. The van der Waals surface area contributed by atoms with Crippen molar-refractivity contribution in [2.45, 2.75) is 4.90 Å². The van der Waals surface area contributed by atoms with Gasteiger partial charge in [-0.05, 0) is 35.9 Å². The third-order valence-electron chi connectivity index (χ3n) is 3.70. The maximum atomic E-state index is 12.6. The number of amides is 1. The minimum absolute atomic E-state index is 0.0725. The van der Waals surface area contributed by atoms with Gasteiger partial charge in [-0.3, -0.25) is 14.9 Å². The predicted molar refractivity (Wildman–Crippen MR) is 107 cm³/mol. The van der Waals surface area contributed by atoms with Gasteiger partial charge in [0, 0.05) is 19.2 Å². The van der Waals surface area contributed by atoms with Gasteiger partial charge in [-0.1, -0.05) is 11.6 Å². The molecule has 0 bridgehead atoms. The van der Waals surface area contributed by atoms with Gasteiger partial charge in [-0.15, -0.1) is 0 Å². The Kier molecular flexibility index (Phi) is 7.26. The lowest BCUT2D eigenvalue weighted by Gasteiger charge is -2.16. The number of nitro benzene ring substituents is 1. The molecular formula is C17H17ClN4O6S. The highest BCUT2D eigenvalue weighted by atomic mass is 35.5. The second-order valence-corrected chi connectivity index (χ2v) is 8.15. The van der Waals surface area contributed by atoms with Crippen LogP contribution in [0.5, 0.6) is 5.75 Å². The van der Waals surface area contributed by atoms with E-state index in [4.69, 9.17) is 16.3 Å². The molecule has 0 saturated carbocycles. The molecule has 2 rings (SSSR count). The summed E-state index contributed by atoms with van der Waals surface area (Å²) in [5.74, 6) is -0.347. The maximum absolute atomic E-state index is 12.6. The molecule has 1 amide bonds.